The Balaban J connectivity index is 1.21. The van der Waals surface area contributed by atoms with Crippen LogP contribution in [0.3, 0.4) is 0 Å². The first kappa shape index (κ1) is 24.0. The summed E-state index contributed by atoms with van der Waals surface area (Å²) in [4.78, 5) is 29.2. The van der Waals surface area contributed by atoms with Gasteiger partial charge in [-0.2, -0.15) is 5.10 Å². The van der Waals surface area contributed by atoms with Crippen molar-refractivity contribution in [1.82, 2.24) is 19.9 Å². The number of aromatic nitrogens is 2. The first-order valence-corrected chi connectivity index (χ1v) is 12.7. The number of hydrogen-bond donors (Lipinski definition) is 2. The van der Waals surface area contributed by atoms with Gasteiger partial charge in [-0.05, 0) is 55.0 Å². The SMILES string of the molecule is Cn1c(-c2ccco2)nc2cc(C3=NN(CCCNC(=O)Nc4ccc(Cl)cc4)C(=O)SC3)ccc21. The lowest BCUT2D eigenvalue weighted by Gasteiger charge is -2.23. The Labute approximate surface area is 216 Å². The van der Waals surface area contributed by atoms with Gasteiger partial charge < -0.3 is 19.6 Å². The Morgan fingerprint density at radius 3 is 2.81 bits per heavy atom. The molecule has 1 aliphatic rings. The number of imidazole rings is 1. The number of hydrazone groups is 1. The number of fused-ring (bicyclic) bond motifs is 1. The molecule has 4 aromatic rings. The van der Waals surface area contributed by atoms with Crippen LogP contribution in [0.1, 0.15) is 12.0 Å². The minimum Gasteiger partial charge on any atom is -0.461 e. The summed E-state index contributed by atoms with van der Waals surface area (Å²) >= 11 is 7.07. The number of thioether (sulfide) groups is 1. The molecule has 1 aliphatic heterocycles. The molecule has 2 aromatic carbocycles. The predicted molar refractivity (Wildman–Crippen MR) is 143 cm³/mol. The maximum atomic E-state index is 12.4. The molecule has 5 rings (SSSR count). The van der Waals surface area contributed by atoms with Gasteiger partial charge in [0, 0.05) is 42.2 Å². The smallest absolute Gasteiger partial charge is 0.319 e. The van der Waals surface area contributed by atoms with E-state index in [2.05, 4.69) is 15.7 Å². The second kappa shape index (κ2) is 10.5. The zero-order valence-corrected chi connectivity index (χ0v) is 21.0. The fourth-order valence-corrected chi connectivity index (χ4v) is 4.74. The van der Waals surface area contributed by atoms with Crippen LogP contribution in [0.4, 0.5) is 15.3 Å². The fourth-order valence-electron chi connectivity index (χ4n) is 3.85. The number of amides is 3. The molecular formula is C25H23ClN6O3S. The highest BCUT2D eigenvalue weighted by atomic mass is 35.5. The van der Waals surface area contributed by atoms with E-state index in [-0.39, 0.29) is 11.3 Å². The molecule has 0 bridgehead atoms. The van der Waals surface area contributed by atoms with Crippen LogP contribution in [0, 0.1) is 0 Å². The molecule has 9 nitrogen and oxygen atoms in total. The van der Waals surface area contributed by atoms with Gasteiger partial charge in [-0.1, -0.05) is 29.4 Å². The van der Waals surface area contributed by atoms with Gasteiger partial charge in [-0.3, -0.25) is 4.79 Å². The number of carbonyl (C=O) groups excluding carboxylic acids is 2. The number of urea groups is 1. The second-order valence-electron chi connectivity index (χ2n) is 8.14. The minimum atomic E-state index is -0.321. The van der Waals surface area contributed by atoms with Crippen LogP contribution in [0.5, 0.6) is 0 Å². The third kappa shape index (κ3) is 5.24. The summed E-state index contributed by atoms with van der Waals surface area (Å²) in [5.74, 6) is 1.94. The van der Waals surface area contributed by atoms with Crippen LogP contribution in [0.25, 0.3) is 22.6 Å². The molecule has 0 unspecified atom stereocenters. The minimum absolute atomic E-state index is 0.108. The number of rotatable bonds is 7. The molecule has 3 amide bonds. The van der Waals surface area contributed by atoms with E-state index in [1.54, 1.807) is 30.5 Å². The topological polar surface area (TPSA) is 105 Å². The van der Waals surface area contributed by atoms with Crippen molar-refractivity contribution in [2.45, 2.75) is 6.42 Å². The molecule has 3 heterocycles. The number of nitrogens with one attached hydrogen (secondary N) is 2. The van der Waals surface area contributed by atoms with Crippen molar-refractivity contribution in [2.75, 3.05) is 24.2 Å². The van der Waals surface area contributed by atoms with Crippen LogP contribution in [0.15, 0.2) is 70.4 Å². The molecule has 184 valence electrons. The molecule has 11 heteroatoms. The average Bonchev–Trinajstić information content (AvgIpc) is 3.52. The first-order valence-electron chi connectivity index (χ1n) is 11.3. The molecule has 0 radical (unpaired) electrons. The molecule has 2 aromatic heterocycles. The Hall–Kier alpha value is -3.76. The average molecular weight is 523 g/mol. The lowest BCUT2D eigenvalue weighted by atomic mass is 10.1. The molecule has 36 heavy (non-hydrogen) atoms. The largest absolute Gasteiger partial charge is 0.461 e. The van der Waals surface area contributed by atoms with Crippen molar-refractivity contribution >= 4 is 57.1 Å². The van der Waals surface area contributed by atoms with Crippen LogP contribution < -0.4 is 10.6 Å². The molecule has 0 aliphatic carbocycles. The second-order valence-corrected chi connectivity index (χ2v) is 9.50. The van der Waals surface area contributed by atoms with E-state index in [0.717, 1.165) is 28.1 Å². The highest BCUT2D eigenvalue weighted by molar-refractivity contribution is 8.14. The number of anilines is 1. The molecular weight excluding hydrogens is 500 g/mol. The van der Waals surface area contributed by atoms with Crippen LogP contribution in [-0.4, -0.2) is 50.4 Å². The van der Waals surface area contributed by atoms with E-state index in [4.69, 9.17) is 21.0 Å². The number of hydrogen-bond acceptors (Lipinski definition) is 6. The Kier molecular flexibility index (Phi) is 6.97. The monoisotopic (exact) mass is 522 g/mol. The number of carbonyl (C=O) groups is 2. The highest BCUT2D eigenvalue weighted by Gasteiger charge is 2.22. The number of aryl methyl sites for hydroxylation is 1. The fraction of sp³-hybridized carbons (Fsp3) is 0.200. The van der Waals surface area contributed by atoms with E-state index in [0.29, 0.717) is 41.7 Å². The van der Waals surface area contributed by atoms with Crippen molar-refractivity contribution < 1.29 is 14.0 Å². The van der Waals surface area contributed by atoms with Crippen molar-refractivity contribution in [3.63, 3.8) is 0 Å². The van der Waals surface area contributed by atoms with Crippen LogP contribution in [0.2, 0.25) is 5.02 Å². The van der Waals surface area contributed by atoms with E-state index in [9.17, 15) is 9.59 Å². The normalized spacial score (nSPS) is 13.7. The Morgan fingerprint density at radius 2 is 2.03 bits per heavy atom. The third-order valence-corrected chi connectivity index (χ3v) is 6.80. The number of halogens is 1. The molecule has 0 spiro atoms. The van der Waals surface area contributed by atoms with Crippen molar-refractivity contribution in [1.29, 1.82) is 0 Å². The lowest BCUT2D eigenvalue weighted by molar-refractivity contribution is 0.224. The summed E-state index contributed by atoms with van der Waals surface area (Å²) in [5, 5.41) is 12.1. The van der Waals surface area contributed by atoms with E-state index < -0.39 is 0 Å². The van der Waals surface area contributed by atoms with Crippen LogP contribution in [-0.2, 0) is 7.05 Å². The Morgan fingerprint density at radius 1 is 1.19 bits per heavy atom. The summed E-state index contributed by atoms with van der Waals surface area (Å²) in [6, 6.07) is 16.2. The summed E-state index contributed by atoms with van der Waals surface area (Å²) in [6.45, 7) is 0.791. The third-order valence-electron chi connectivity index (χ3n) is 5.67. The van der Waals surface area contributed by atoms with E-state index >= 15 is 0 Å². The molecule has 0 saturated carbocycles. The quantitative estimate of drug-likeness (QED) is 0.309. The zero-order valence-electron chi connectivity index (χ0n) is 19.4. The number of nitrogens with zero attached hydrogens (tertiary/aromatic N) is 4. The lowest BCUT2D eigenvalue weighted by Crippen LogP contribution is -2.34. The van der Waals surface area contributed by atoms with Crippen molar-refractivity contribution in [3.8, 4) is 11.6 Å². The standard InChI is InChI=1S/C25H23ClN6O3S/c1-31-21-10-5-16(14-19(21)29-23(31)22-4-2-13-35-22)20-15-36-25(34)32(30-20)12-3-11-27-24(33)28-18-8-6-17(26)7-9-18/h2,4-10,13-14H,3,11-12,15H2,1H3,(H2,27,28,33). The van der Waals surface area contributed by atoms with Gasteiger partial charge in [0.2, 0.25) is 0 Å². The predicted octanol–water partition coefficient (Wildman–Crippen LogP) is 5.57. The summed E-state index contributed by atoms with van der Waals surface area (Å²) in [7, 11) is 1.95. The van der Waals surface area contributed by atoms with Gasteiger partial charge in [-0.15, -0.1) is 0 Å². The van der Waals surface area contributed by atoms with Gasteiger partial charge >= 0.3 is 11.3 Å². The highest BCUT2D eigenvalue weighted by Crippen LogP contribution is 2.26. The Bertz CT molecular complexity index is 1430. The van der Waals surface area contributed by atoms with E-state index in [1.165, 1.54) is 16.8 Å². The van der Waals surface area contributed by atoms with Gasteiger partial charge in [-0.25, -0.2) is 14.8 Å². The summed E-state index contributed by atoms with van der Waals surface area (Å²) < 4.78 is 7.50. The molecule has 0 saturated heterocycles. The van der Waals surface area contributed by atoms with Gasteiger partial charge in [0.1, 0.15) is 0 Å². The molecule has 0 fully saturated rings. The zero-order chi connectivity index (χ0) is 25.1. The van der Waals surface area contributed by atoms with Crippen molar-refractivity contribution in [2.24, 2.45) is 12.1 Å². The molecule has 0 atom stereocenters. The first-order chi connectivity index (χ1) is 17.5. The van der Waals surface area contributed by atoms with Crippen LogP contribution >= 0.6 is 23.4 Å². The number of benzene rings is 2. The maximum absolute atomic E-state index is 12.4. The number of furan rings is 1. The van der Waals surface area contributed by atoms with E-state index in [1.807, 2.05) is 41.9 Å². The van der Waals surface area contributed by atoms with Gasteiger partial charge in [0.15, 0.2) is 11.6 Å². The van der Waals surface area contributed by atoms with Gasteiger partial charge in [0.25, 0.3) is 0 Å². The maximum Gasteiger partial charge on any atom is 0.319 e. The summed E-state index contributed by atoms with van der Waals surface area (Å²) in [5.41, 5.74) is 4.17. The molecule has 2 N–H and O–H groups in total. The van der Waals surface area contributed by atoms with Gasteiger partial charge in [0.05, 0.1) is 23.0 Å². The summed E-state index contributed by atoms with van der Waals surface area (Å²) in [6.07, 6.45) is 2.18. The van der Waals surface area contributed by atoms with Crippen molar-refractivity contribution in [3.05, 3.63) is 71.4 Å².